The third-order valence-electron chi connectivity index (χ3n) is 5.94. The van der Waals surface area contributed by atoms with Crippen LogP contribution in [0, 0.1) is 5.92 Å². The molecule has 0 bridgehead atoms. The van der Waals surface area contributed by atoms with Crippen molar-refractivity contribution in [3.8, 4) is 0 Å². The summed E-state index contributed by atoms with van der Waals surface area (Å²) in [6.45, 7) is 3.53. The van der Waals surface area contributed by atoms with Gasteiger partial charge in [-0.2, -0.15) is 0 Å². The van der Waals surface area contributed by atoms with Gasteiger partial charge in [-0.1, -0.05) is 11.6 Å². The third-order valence-corrected chi connectivity index (χ3v) is 6.26. The van der Waals surface area contributed by atoms with Gasteiger partial charge in [0.1, 0.15) is 0 Å². The summed E-state index contributed by atoms with van der Waals surface area (Å²) < 4.78 is 11.0. The van der Waals surface area contributed by atoms with Crippen LogP contribution < -0.4 is 5.32 Å². The van der Waals surface area contributed by atoms with Crippen LogP contribution in [-0.2, 0) is 9.47 Å². The van der Waals surface area contributed by atoms with Crippen LogP contribution in [0.15, 0.2) is 18.3 Å². The molecule has 2 aliphatic rings. The molecule has 1 N–H and O–H groups in total. The van der Waals surface area contributed by atoms with E-state index in [0.717, 1.165) is 55.8 Å². The monoisotopic (exact) mass is 366 g/mol. The number of hydrogen-bond donors (Lipinski definition) is 1. The highest BCUT2D eigenvalue weighted by molar-refractivity contribution is 6.31. The summed E-state index contributed by atoms with van der Waals surface area (Å²) in [6.07, 6.45) is 10.2. The van der Waals surface area contributed by atoms with Crippen molar-refractivity contribution in [1.82, 2.24) is 10.3 Å². The number of nitrogens with one attached hydrogen (secondary N) is 1. The number of hydrogen-bond acceptors (Lipinski definition) is 4. The zero-order valence-corrected chi connectivity index (χ0v) is 16.1. The second kappa shape index (κ2) is 9.31. The first-order valence-electron chi connectivity index (χ1n) is 9.64. The van der Waals surface area contributed by atoms with E-state index in [9.17, 15) is 0 Å². The minimum absolute atomic E-state index is 0.117. The van der Waals surface area contributed by atoms with Crippen LogP contribution in [0.3, 0.4) is 0 Å². The SMILES string of the molecule is COCC1(NCCC2CCC(c3ncccc3Cl)CC2)CCOCC1. The van der Waals surface area contributed by atoms with Gasteiger partial charge in [-0.15, -0.1) is 0 Å². The molecular weight excluding hydrogens is 336 g/mol. The van der Waals surface area contributed by atoms with E-state index >= 15 is 0 Å². The lowest BCUT2D eigenvalue weighted by molar-refractivity contribution is 0.0000460. The molecule has 2 fully saturated rings. The largest absolute Gasteiger partial charge is 0.383 e. The number of methoxy groups -OCH3 is 1. The maximum Gasteiger partial charge on any atom is 0.0646 e. The smallest absolute Gasteiger partial charge is 0.0646 e. The highest BCUT2D eigenvalue weighted by atomic mass is 35.5. The van der Waals surface area contributed by atoms with Crippen molar-refractivity contribution in [2.24, 2.45) is 5.92 Å². The van der Waals surface area contributed by atoms with Gasteiger partial charge in [-0.3, -0.25) is 4.98 Å². The van der Waals surface area contributed by atoms with Gasteiger partial charge >= 0.3 is 0 Å². The van der Waals surface area contributed by atoms with Gasteiger partial charge in [0.2, 0.25) is 0 Å². The molecule has 5 heteroatoms. The molecule has 1 aliphatic carbocycles. The van der Waals surface area contributed by atoms with E-state index in [4.69, 9.17) is 21.1 Å². The molecule has 0 radical (unpaired) electrons. The van der Waals surface area contributed by atoms with Crippen LogP contribution in [0.2, 0.25) is 5.02 Å². The number of rotatable bonds is 7. The van der Waals surface area contributed by atoms with Crippen molar-refractivity contribution in [3.63, 3.8) is 0 Å². The Hall–Kier alpha value is -0.680. The van der Waals surface area contributed by atoms with Crippen LogP contribution in [-0.4, -0.2) is 44.0 Å². The molecule has 1 aromatic rings. The molecule has 3 rings (SSSR count). The minimum Gasteiger partial charge on any atom is -0.383 e. The lowest BCUT2D eigenvalue weighted by Crippen LogP contribution is -2.53. The number of pyridine rings is 1. The Kier molecular flexibility index (Phi) is 7.11. The van der Waals surface area contributed by atoms with E-state index in [1.165, 1.54) is 32.1 Å². The second-order valence-corrected chi connectivity index (χ2v) is 8.04. The lowest BCUT2D eigenvalue weighted by atomic mass is 9.79. The molecule has 0 unspecified atom stereocenters. The molecule has 0 aromatic carbocycles. The van der Waals surface area contributed by atoms with Gasteiger partial charge in [0, 0.05) is 38.0 Å². The zero-order valence-electron chi connectivity index (χ0n) is 15.3. The fraction of sp³-hybridized carbons (Fsp3) is 0.750. The summed E-state index contributed by atoms with van der Waals surface area (Å²) in [7, 11) is 1.79. The van der Waals surface area contributed by atoms with Crippen molar-refractivity contribution in [2.75, 3.05) is 33.5 Å². The highest BCUT2D eigenvalue weighted by Crippen LogP contribution is 2.38. The first-order valence-corrected chi connectivity index (χ1v) is 10.0. The fourth-order valence-electron chi connectivity index (χ4n) is 4.37. The van der Waals surface area contributed by atoms with Gasteiger partial charge in [0.15, 0.2) is 0 Å². The lowest BCUT2D eigenvalue weighted by Gasteiger charge is -2.38. The van der Waals surface area contributed by atoms with Crippen LogP contribution in [0.5, 0.6) is 0 Å². The van der Waals surface area contributed by atoms with Gasteiger partial charge in [0.25, 0.3) is 0 Å². The number of ether oxygens (including phenoxy) is 2. The highest BCUT2D eigenvalue weighted by Gasteiger charge is 2.32. The Balaban J connectivity index is 1.42. The number of nitrogens with zero attached hydrogens (tertiary/aromatic N) is 1. The Labute approximate surface area is 156 Å². The summed E-state index contributed by atoms with van der Waals surface area (Å²) >= 11 is 6.31. The summed E-state index contributed by atoms with van der Waals surface area (Å²) in [5.41, 5.74) is 1.22. The number of halogens is 1. The molecule has 1 aromatic heterocycles. The van der Waals surface area contributed by atoms with Crippen LogP contribution in [0.1, 0.15) is 56.6 Å². The van der Waals surface area contributed by atoms with Gasteiger partial charge in [-0.25, -0.2) is 0 Å². The van der Waals surface area contributed by atoms with E-state index in [1.807, 2.05) is 18.3 Å². The van der Waals surface area contributed by atoms with Crippen molar-refractivity contribution < 1.29 is 9.47 Å². The first kappa shape index (κ1) is 19.1. The first-order chi connectivity index (χ1) is 12.2. The zero-order chi connectivity index (χ0) is 17.5. The van der Waals surface area contributed by atoms with E-state index in [-0.39, 0.29) is 5.54 Å². The fourth-order valence-corrected chi connectivity index (χ4v) is 4.65. The van der Waals surface area contributed by atoms with Crippen LogP contribution in [0.25, 0.3) is 0 Å². The molecule has 25 heavy (non-hydrogen) atoms. The van der Waals surface area contributed by atoms with Crippen LogP contribution >= 0.6 is 11.6 Å². The molecule has 1 saturated carbocycles. The molecule has 0 amide bonds. The summed E-state index contributed by atoms with van der Waals surface area (Å²) in [5.74, 6) is 1.35. The molecule has 1 aliphatic heterocycles. The topological polar surface area (TPSA) is 43.4 Å². The van der Waals surface area contributed by atoms with Gasteiger partial charge in [-0.05, 0) is 69.5 Å². The van der Waals surface area contributed by atoms with Gasteiger partial charge < -0.3 is 14.8 Å². The summed E-state index contributed by atoms with van der Waals surface area (Å²) in [6, 6.07) is 3.87. The van der Waals surface area contributed by atoms with E-state index in [2.05, 4.69) is 10.3 Å². The third kappa shape index (κ3) is 5.16. The Morgan fingerprint density at radius 2 is 2.04 bits per heavy atom. The van der Waals surface area contributed by atoms with E-state index in [1.54, 1.807) is 7.11 Å². The Morgan fingerprint density at radius 1 is 1.28 bits per heavy atom. The molecule has 0 atom stereocenters. The summed E-state index contributed by atoms with van der Waals surface area (Å²) in [5, 5.41) is 4.62. The van der Waals surface area contributed by atoms with Crippen molar-refractivity contribution in [3.05, 3.63) is 29.0 Å². The normalized spacial score (nSPS) is 26.5. The second-order valence-electron chi connectivity index (χ2n) is 7.63. The van der Waals surface area contributed by atoms with Crippen molar-refractivity contribution in [2.45, 2.75) is 56.4 Å². The molecule has 2 heterocycles. The van der Waals surface area contributed by atoms with E-state index in [0.29, 0.717) is 5.92 Å². The quantitative estimate of drug-likeness (QED) is 0.786. The minimum atomic E-state index is 0.117. The predicted octanol–water partition coefficient (Wildman–Crippen LogP) is 4.18. The average Bonchev–Trinajstić information content (AvgIpc) is 2.64. The standard InChI is InChI=1S/C20H31ClN2O2/c1-24-15-20(9-13-25-14-10-20)23-12-8-16-4-6-17(7-5-16)19-18(21)3-2-11-22-19/h2-3,11,16-17,23H,4-10,12-15H2,1H3. The Bertz CT molecular complexity index is 521. The van der Waals surface area contributed by atoms with Crippen LogP contribution in [0.4, 0.5) is 0 Å². The molecule has 4 nitrogen and oxygen atoms in total. The average molecular weight is 367 g/mol. The molecule has 1 saturated heterocycles. The maximum atomic E-state index is 6.31. The molecule has 0 spiro atoms. The number of aromatic nitrogens is 1. The maximum absolute atomic E-state index is 6.31. The molecule has 140 valence electrons. The molecular formula is C20H31ClN2O2. The summed E-state index contributed by atoms with van der Waals surface area (Å²) in [4.78, 5) is 4.51. The Morgan fingerprint density at radius 3 is 2.72 bits per heavy atom. The predicted molar refractivity (Wildman–Crippen MR) is 101 cm³/mol. The van der Waals surface area contributed by atoms with Crippen molar-refractivity contribution in [1.29, 1.82) is 0 Å². The van der Waals surface area contributed by atoms with Gasteiger partial charge in [0.05, 0.1) is 17.3 Å². The van der Waals surface area contributed by atoms with E-state index < -0.39 is 0 Å². The van der Waals surface area contributed by atoms with Crippen molar-refractivity contribution >= 4 is 11.6 Å².